The summed E-state index contributed by atoms with van der Waals surface area (Å²) in [6.45, 7) is 5.62. The summed E-state index contributed by atoms with van der Waals surface area (Å²) in [4.78, 5) is 25.0. The zero-order chi connectivity index (χ0) is 23.5. The Morgan fingerprint density at radius 1 is 1.19 bits per heavy atom. The lowest BCUT2D eigenvalue weighted by atomic mass is 10.2. The minimum atomic E-state index is -3.60. The third kappa shape index (κ3) is 5.72. The van der Waals surface area contributed by atoms with Crippen molar-refractivity contribution in [3.63, 3.8) is 0 Å². The minimum Gasteiger partial charge on any atom is -0.496 e. The number of nitrogens with zero attached hydrogens (tertiary/aromatic N) is 4. The van der Waals surface area contributed by atoms with Crippen LogP contribution < -0.4 is 10.1 Å². The Morgan fingerprint density at radius 3 is 2.38 bits per heavy atom. The fourth-order valence-electron chi connectivity index (χ4n) is 3.89. The smallest absolute Gasteiger partial charge is 0.296 e. The van der Waals surface area contributed by atoms with Crippen LogP contribution in [0.2, 0.25) is 0 Å². The Hall–Kier alpha value is -2.32. The molecule has 32 heavy (non-hydrogen) atoms. The van der Waals surface area contributed by atoms with E-state index in [1.54, 1.807) is 0 Å². The van der Waals surface area contributed by atoms with E-state index in [0.29, 0.717) is 31.9 Å². The van der Waals surface area contributed by atoms with Crippen molar-refractivity contribution in [1.82, 2.24) is 13.5 Å². The van der Waals surface area contributed by atoms with Gasteiger partial charge >= 0.3 is 0 Å². The van der Waals surface area contributed by atoms with Crippen molar-refractivity contribution >= 4 is 27.5 Å². The van der Waals surface area contributed by atoms with Crippen LogP contribution >= 0.6 is 0 Å². The number of nitro groups is 1. The van der Waals surface area contributed by atoms with Crippen molar-refractivity contribution in [1.29, 1.82) is 0 Å². The van der Waals surface area contributed by atoms with Gasteiger partial charge in [0.2, 0.25) is 5.91 Å². The first-order chi connectivity index (χ1) is 15.1. The molecule has 2 fully saturated rings. The molecule has 2 heterocycles. The summed E-state index contributed by atoms with van der Waals surface area (Å²) < 4.78 is 39.5. The van der Waals surface area contributed by atoms with Gasteiger partial charge in [0, 0.05) is 39.3 Å². The van der Waals surface area contributed by atoms with Gasteiger partial charge in [-0.05, 0) is 26.0 Å². The summed E-state index contributed by atoms with van der Waals surface area (Å²) >= 11 is 0. The molecule has 1 amide bonds. The summed E-state index contributed by atoms with van der Waals surface area (Å²) in [7, 11) is -2.20. The summed E-state index contributed by atoms with van der Waals surface area (Å²) in [6.07, 6.45) is -0.332. The maximum atomic E-state index is 13.0. The number of morpholine rings is 1. The number of nitro benzene ring substituents is 1. The van der Waals surface area contributed by atoms with E-state index >= 15 is 0 Å². The number of amides is 1. The Bertz CT molecular complexity index is 939. The molecule has 0 aliphatic carbocycles. The molecule has 3 rings (SSSR count). The van der Waals surface area contributed by atoms with Crippen LogP contribution in [0.15, 0.2) is 18.2 Å². The Balaban J connectivity index is 1.55. The number of carbonyl (C=O) groups is 1. The van der Waals surface area contributed by atoms with Crippen molar-refractivity contribution < 1.29 is 27.6 Å². The number of rotatable bonds is 7. The highest BCUT2D eigenvalue weighted by Gasteiger charge is 2.36. The van der Waals surface area contributed by atoms with E-state index in [1.807, 2.05) is 18.7 Å². The number of methoxy groups -OCH3 is 1. The third-order valence-electron chi connectivity index (χ3n) is 5.41. The van der Waals surface area contributed by atoms with Crippen LogP contribution in [0.25, 0.3) is 0 Å². The SMILES string of the molecule is COc1ccc(NC(=O)CN2CCN(S(=O)(=O)N3CC(C)OC(C)C3)CC2)c([N+](=O)[O-])c1. The molecule has 178 valence electrons. The standard InChI is InChI=1S/C19H29N5O7S/c1-14-11-23(12-15(2)31-14)32(28,29)22-8-6-21(7-9-22)13-19(25)20-17-5-4-16(30-3)10-18(17)24(26)27/h4-5,10,14-15H,6-9,11-13H2,1-3H3,(H,20,25). The molecular weight excluding hydrogens is 442 g/mol. The molecule has 2 atom stereocenters. The Morgan fingerprint density at radius 2 is 1.81 bits per heavy atom. The van der Waals surface area contributed by atoms with Gasteiger partial charge in [-0.2, -0.15) is 17.0 Å². The highest BCUT2D eigenvalue weighted by atomic mass is 32.2. The van der Waals surface area contributed by atoms with E-state index in [2.05, 4.69) is 5.32 Å². The number of carbonyl (C=O) groups excluding carboxylic acids is 1. The number of piperazine rings is 1. The molecular formula is C19H29N5O7S. The zero-order valence-electron chi connectivity index (χ0n) is 18.4. The lowest BCUT2D eigenvalue weighted by Gasteiger charge is -2.40. The van der Waals surface area contributed by atoms with Crippen LogP contribution in [-0.4, -0.2) is 97.9 Å². The molecule has 1 N–H and O–H groups in total. The van der Waals surface area contributed by atoms with Crippen LogP contribution in [0.1, 0.15) is 13.8 Å². The molecule has 0 bridgehead atoms. The zero-order valence-corrected chi connectivity index (χ0v) is 19.2. The van der Waals surface area contributed by atoms with Gasteiger partial charge in [-0.3, -0.25) is 19.8 Å². The largest absolute Gasteiger partial charge is 0.496 e. The first-order valence-corrected chi connectivity index (χ1v) is 11.7. The monoisotopic (exact) mass is 471 g/mol. The molecule has 2 aliphatic heterocycles. The predicted molar refractivity (Wildman–Crippen MR) is 117 cm³/mol. The molecule has 1 aromatic carbocycles. The number of hydrogen-bond donors (Lipinski definition) is 1. The maximum absolute atomic E-state index is 13.0. The predicted octanol–water partition coefficient (Wildman–Crippen LogP) is 0.514. The van der Waals surface area contributed by atoms with Crippen LogP contribution in [0.5, 0.6) is 5.75 Å². The van der Waals surface area contributed by atoms with E-state index in [1.165, 1.54) is 33.9 Å². The molecule has 1 aromatic rings. The van der Waals surface area contributed by atoms with Gasteiger partial charge in [-0.15, -0.1) is 0 Å². The van der Waals surface area contributed by atoms with E-state index in [-0.39, 0.29) is 43.2 Å². The van der Waals surface area contributed by atoms with E-state index in [4.69, 9.17) is 9.47 Å². The minimum absolute atomic E-state index is 0.00267. The van der Waals surface area contributed by atoms with Gasteiger partial charge in [0.05, 0.1) is 36.9 Å². The number of benzene rings is 1. The fourth-order valence-corrected chi connectivity index (χ4v) is 5.64. The number of ether oxygens (including phenoxy) is 2. The van der Waals surface area contributed by atoms with Crippen molar-refractivity contribution in [3.05, 3.63) is 28.3 Å². The Labute approximate surface area is 187 Å². The lowest BCUT2D eigenvalue weighted by molar-refractivity contribution is -0.384. The molecule has 2 unspecified atom stereocenters. The summed E-state index contributed by atoms with van der Waals surface area (Å²) in [5.74, 6) is -0.0958. The quantitative estimate of drug-likeness (QED) is 0.449. The molecule has 0 spiro atoms. The first kappa shape index (κ1) is 24.3. The van der Waals surface area contributed by atoms with Crippen LogP contribution in [0.4, 0.5) is 11.4 Å². The highest BCUT2D eigenvalue weighted by Crippen LogP contribution is 2.29. The van der Waals surface area contributed by atoms with Crippen LogP contribution in [0.3, 0.4) is 0 Å². The van der Waals surface area contributed by atoms with Gasteiger partial charge in [0.25, 0.3) is 15.9 Å². The second-order valence-electron chi connectivity index (χ2n) is 7.95. The summed E-state index contributed by atoms with van der Waals surface area (Å²) in [5.41, 5.74) is -0.180. The van der Waals surface area contributed by atoms with Crippen LogP contribution in [-0.2, 0) is 19.7 Å². The normalized spacial score (nSPS) is 23.6. The number of nitrogens with one attached hydrogen (secondary N) is 1. The molecule has 2 aliphatic rings. The third-order valence-corrected chi connectivity index (χ3v) is 7.38. The lowest BCUT2D eigenvalue weighted by Crippen LogP contribution is -2.57. The van der Waals surface area contributed by atoms with E-state index < -0.39 is 21.0 Å². The Kier molecular flexibility index (Phi) is 7.67. The maximum Gasteiger partial charge on any atom is 0.296 e. The summed E-state index contributed by atoms with van der Waals surface area (Å²) in [5, 5.41) is 13.8. The highest BCUT2D eigenvalue weighted by molar-refractivity contribution is 7.86. The van der Waals surface area contributed by atoms with Gasteiger partial charge in [0.15, 0.2) is 0 Å². The van der Waals surface area contributed by atoms with E-state index in [9.17, 15) is 23.3 Å². The molecule has 0 radical (unpaired) electrons. The topological polar surface area (TPSA) is 135 Å². The fraction of sp³-hybridized carbons (Fsp3) is 0.632. The molecule has 13 heteroatoms. The van der Waals surface area contributed by atoms with Crippen molar-refractivity contribution in [2.75, 3.05) is 58.2 Å². The van der Waals surface area contributed by atoms with E-state index in [0.717, 1.165) is 0 Å². The van der Waals surface area contributed by atoms with Gasteiger partial charge in [-0.25, -0.2) is 0 Å². The number of anilines is 1. The van der Waals surface area contributed by atoms with Crippen LogP contribution in [0, 0.1) is 10.1 Å². The second kappa shape index (κ2) is 10.1. The van der Waals surface area contributed by atoms with Crippen molar-refractivity contribution in [2.24, 2.45) is 0 Å². The van der Waals surface area contributed by atoms with Gasteiger partial charge in [-0.1, -0.05) is 0 Å². The first-order valence-electron chi connectivity index (χ1n) is 10.4. The number of hydrogen-bond acceptors (Lipinski definition) is 8. The van der Waals surface area contributed by atoms with Gasteiger partial charge < -0.3 is 14.8 Å². The summed E-state index contributed by atoms with van der Waals surface area (Å²) in [6, 6.07) is 4.19. The average Bonchev–Trinajstić information content (AvgIpc) is 2.73. The van der Waals surface area contributed by atoms with Crippen molar-refractivity contribution in [3.8, 4) is 5.75 Å². The molecule has 12 nitrogen and oxygen atoms in total. The molecule has 2 saturated heterocycles. The van der Waals surface area contributed by atoms with Crippen molar-refractivity contribution in [2.45, 2.75) is 26.1 Å². The second-order valence-corrected chi connectivity index (χ2v) is 9.87. The molecule has 0 saturated carbocycles. The van der Waals surface area contributed by atoms with Gasteiger partial charge in [0.1, 0.15) is 11.4 Å². The average molecular weight is 472 g/mol. The molecule has 0 aromatic heterocycles.